The minimum atomic E-state index is -4.75. The molecule has 0 fully saturated rings. The van der Waals surface area contributed by atoms with Gasteiger partial charge in [-0.05, 0) is 23.8 Å². The normalized spacial score (nSPS) is 19.6. The molecule has 29 heavy (non-hydrogen) atoms. The largest absolute Gasteiger partial charge is 0.456 e. The third-order valence-corrected chi connectivity index (χ3v) is 5.29. The monoisotopic (exact) mass is 427 g/mol. The molecule has 3 heterocycles. The molecule has 1 N–H and O–H groups in total. The Morgan fingerprint density at radius 3 is 2.48 bits per heavy atom. The first kappa shape index (κ1) is 18.1. The highest BCUT2D eigenvalue weighted by atomic mass is 35.5. The molecule has 0 aliphatic carbocycles. The number of carbonyl (C=O) groups excluding carboxylic acids is 1. The van der Waals surface area contributed by atoms with Crippen LogP contribution in [0.15, 0.2) is 35.5 Å². The molecule has 0 saturated carbocycles. The van der Waals surface area contributed by atoms with Gasteiger partial charge in [0.1, 0.15) is 12.4 Å². The van der Waals surface area contributed by atoms with Crippen molar-refractivity contribution in [2.24, 2.45) is 0 Å². The molecule has 150 valence electrons. The molecule has 0 amide bonds. The molecule has 2 aromatic carbocycles. The second kappa shape index (κ2) is 6.03. The van der Waals surface area contributed by atoms with Crippen LogP contribution in [0.3, 0.4) is 0 Å². The molecule has 5 rings (SSSR count). The Kier molecular flexibility index (Phi) is 3.76. The van der Waals surface area contributed by atoms with E-state index in [1.54, 1.807) is 6.07 Å². The maximum atomic E-state index is 15.0. The fraction of sp³-hybridized carbons (Fsp3) is 0.211. The van der Waals surface area contributed by atoms with Gasteiger partial charge in [-0.2, -0.15) is 13.2 Å². The minimum absolute atomic E-state index is 0.0260. The van der Waals surface area contributed by atoms with Gasteiger partial charge in [-0.3, -0.25) is 0 Å². The predicted octanol–water partition coefficient (Wildman–Crippen LogP) is 4.59. The zero-order valence-electron chi connectivity index (χ0n) is 14.3. The molecule has 3 aliphatic rings. The van der Waals surface area contributed by atoms with E-state index < -0.39 is 34.5 Å². The van der Waals surface area contributed by atoms with Gasteiger partial charge in [0.2, 0.25) is 6.79 Å². The van der Waals surface area contributed by atoms with Crippen LogP contribution in [0.1, 0.15) is 22.6 Å². The van der Waals surface area contributed by atoms with Crippen molar-refractivity contribution in [3.8, 4) is 11.5 Å². The summed E-state index contributed by atoms with van der Waals surface area (Å²) in [6, 6.07) is 4.29. The van der Waals surface area contributed by atoms with E-state index in [-0.39, 0.29) is 24.5 Å². The minimum Gasteiger partial charge on any atom is -0.456 e. The maximum absolute atomic E-state index is 15.0. The first-order valence-electron chi connectivity index (χ1n) is 8.41. The number of fused-ring (bicyclic) bond motifs is 2. The van der Waals surface area contributed by atoms with Crippen molar-refractivity contribution in [3.63, 3.8) is 0 Å². The number of cyclic esters (lactones) is 1. The summed E-state index contributed by atoms with van der Waals surface area (Å²) in [6.45, 7) is -0.130. The average molecular weight is 428 g/mol. The number of esters is 1. The summed E-state index contributed by atoms with van der Waals surface area (Å²) >= 11 is 5.78. The molecule has 5 nitrogen and oxygen atoms in total. The second-order valence-electron chi connectivity index (χ2n) is 6.68. The van der Waals surface area contributed by atoms with Gasteiger partial charge in [-0.25, -0.2) is 9.18 Å². The van der Waals surface area contributed by atoms with E-state index in [4.69, 9.17) is 25.8 Å². The quantitative estimate of drug-likeness (QED) is 0.532. The summed E-state index contributed by atoms with van der Waals surface area (Å²) in [5, 5.41) is 2.33. The van der Waals surface area contributed by atoms with Gasteiger partial charge in [0.25, 0.3) is 0 Å². The highest BCUT2D eigenvalue weighted by molar-refractivity contribution is 6.30. The fourth-order valence-corrected chi connectivity index (χ4v) is 3.97. The second-order valence-corrected chi connectivity index (χ2v) is 7.09. The van der Waals surface area contributed by atoms with Crippen LogP contribution in [-0.4, -0.2) is 19.4 Å². The number of carbonyl (C=O) groups is 1. The van der Waals surface area contributed by atoms with E-state index in [0.29, 0.717) is 40.6 Å². The van der Waals surface area contributed by atoms with Crippen LogP contribution < -0.4 is 14.8 Å². The topological polar surface area (TPSA) is 56.8 Å². The molecule has 0 saturated heterocycles. The van der Waals surface area contributed by atoms with E-state index in [1.165, 1.54) is 6.07 Å². The van der Waals surface area contributed by atoms with Crippen LogP contribution in [0.5, 0.6) is 11.5 Å². The molecule has 1 atom stereocenters. The van der Waals surface area contributed by atoms with E-state index >= 15 is 0 Å². The number of benzene rings is 2. The number of hydrogen-bond acceptors (Lipinski definition) is 5. The summed E-state index contributed by atoms with van der Waals surface area (Å²) < 4.78 is 70.7. The number of halogens is 5. The van der Waals surface area contributed by atoms with Gasteiger partial charge in [0.05, 0.1) is 21.9 Å². The van der Waals surface area contributed by atoms with E-state index in [1.807, 2.05) is 0 Å². The predicted molar refractivity (Wildman–Crippen MR) is 92.4 cm³/mol. The van der Waals surface area contributed by atoms with Gasteiger partial charge >= 0.3 is 12.1 Å². The van der Waals surface area contributed by atoms with Gasteiger partial charge < -0.3 is 19.5 Å². The highest BCUT2D eigenvalue weighted by Crippen LogP contribution is 2.50. The Morgan fingerprint density at radius 2 is 1.76 bits per heavy atom. The van der Waals surface area contributed by atoms with Crippen LogP contribution in [0.4, 0.5) is 23.2 Å². The van der Waals surface area contributed by atoms with Crippen molar-refractivity contribution in [2.45, 2.75) is 12.1 Å². The summed E-state index contributed by atoms with van der Waals surface area (Å²) in [4.78, 5) is 12.4. The summed E-state index contributed by atoms with van der Waals surface area (Å²) in [7, 11) is 0. The lowest BCUT2D eigenvalue weighted by Gasteiger charge is -2.28. The van der Waals surface area contributed by atoms with Crippen molar-refractivity contribution in [1.82, 2.24) is 0 Å². The summed E-state index contributed by atoms with van der Waals surface area (Å²) in [6.07, 6.45) is -4.75. The van der Waals surface area contributed by atoms with E-state index in [9.17, 15) is 22.4 Å². The van der Waals surface area contributed by atoms with Gasteiger partial charge in [0.15, 0.2) is 11.5 Å². The average Bonchev–Trinajstić information content (AvgIpc) is 3.26. The van der Waals surface area contributed by atoms with Crippen molar-refractivity contribution in [2.75, 3.05) is 18.7 Å². The van der Waals surface area contributed by atoms with Crippen LogP contribution in [0.2, 0.25) is 5.02 Å². The molecule has 0 radical (unpaired) electrons. The lowest BCUT2D eigenvalue weighted by atomic mass is 9.80. The Bertz CT molecular complexity index is 1110. The SMILES string of the molecule is O=C1OCC2=C1C(c1cc(C(F)(F)F)cc(Cl)c1F)c1cc3c(cc1N2)OCO3. The third-order valence-electron chi connectivity index (χ3n) is 5.02. The Morgan fingerprint density at radius 1 is 1.03 bits per heavy atom. The van der Waals surface area contributed by atoms with Crippen LogP contribution in [0, 0.1) is 5.82 Å². The molecule has 1 unspecified atom stereocenters. The molecule has 3 aliphatic heterocycles. The summed E-state index contributed by atoms with van der Waals surface area (Å²) in [5.74, 6) is -2.18. The fourth-order valence-electron chi connectivity index (χ4n) is 3.74. The van der Waals surface area contributed by atoms with E-state index in [0.717, 1.165) is 0 Å². The van der Waals surface area contributed by atoms with Crippen molar-refractivity contribution in [3.05, 3.63) is 63.1 Å². The number of hydrogen-bond donors (Lipinski definition) is 1. The lowest BCUT2D eigenvalue weighted by molar-refractivity contribution is -0.137. The smallest absolute Gasteiger partial charge is 0.416 e. The van der Waals surface area contributed by atoms with E-state index in [2.05, 4.69) is 5.32 Å². The van der Waals surface area contributed by atoms with Crippen molar-refractivity contribution in [1.29, 1.82) is 0 Å². The van der Waals surface area contributed by atoms with Crippen molar-refractivity contribution < 1.29 is 36.6 Å². The molecule has 10 heteroatoms. The Labute approximate surface area is 165 Å². The number of nitrogens with one attached hydrogen (secondary N) is 1. The molecular formula is C19H10ClF4NO4. The number of ether oxygens (including phenoxy) is 3. The van der Waals surface area contributed by atoms with Gasteiger partial charge in [-0.15, -0.1) is 0 Å². The summed E-state index contributed by atoms with van der Waals surface area (Å²) in [5.41, 5.74) is -0.318. The van der Waals surface area contributed by atoms with Gasteiger partial charge in [-0.1, -0.05) is 11.6 Å². The number of rotatable bonds is 1. The zero-order valence-corrected chi connectivity index (χ0v) is 15.1. The maximum Gasteiger partial charge on any atom is 0.416 e. The van der Waals surface area contributed by atoms with Crippen LogP contribution >= 0.6 is 11.6 Å². The van der Waals surface area contributed by atoms with Crippen LogP contribution in [-0.2, 0) is 15.7 Å². The number of anilines is 1. The highest BCUT2D eigenvalue weighted by Gasteiger charge is 2.42. The van der Waals surface area contributed by atoms with Crippen molar-refractivity contribution >= 4 is 23.3 Å². The molecular weight excluding hydrogens is 418 g/mol. The molecule has 0 spiro atoms. The molecule has 0 bridgehead atoms. The molecule has 0 aromatic heterocycles. The number of alkyl halides is 3. The molecule has 2 aromatic rings. The standard InChI is InChI=1S/C19H10ClF4NO4/c20-10-2-7(19(22,23)24)1-9(17(10)21)15-8-3-13-14(29-6-28-13)4-11(8)25-12-5-27-18(26)16(12)15/h1-4,15,25H,5-6H2. The Balaban J connectivity index is 1.78. The first-order chi connectivity index (χ1) is 13.7. The third kappa shape index (κ3) is 2.71. The van der Waals surface area contributed by atoms with Gasteiger partial charge in [0, 0.05) is 23.2 Å². The Hall–Kier alpha value is -2.94. The first-order valence-corrected chi connectivity index (χ1v) is 8.78. The lowest BCUT2D eigenvalue weighted by Crippen LogP contribution is -2.21. The van der Waals surface area contributed by atoms with Crippen LogP contribution in [0.25, 0.3) is 0 Å². The zero-order chi connectivity index (χ0) is 20.5.